The minimum atomic E-state index is -0.902. The Bertz CT molecular complexity index is 376. The third kappa shape index (κ3) is 3.91. The Hall–Kier alpha value is -1.22. The summed E-state index contributed by atoms with van der Waals surface area (Å²) in [7, 11) is 0. The van der Waals surface area contributed by atoms with Crippen molar-refractivity contribution in [2.45, 2.75) is 43.9 Å². The Morgan fingerprint density at radius 2 is 2.22 bits per heavy atom. The number of amides is 1. The van der Waals surface area contributed by atoms with Crippen molar-refractivity contribution >= 4 is 23.6 Å². The normalized spacial score (nSPS) is 19.4. The Balaban J connectivity index is 2.42. The Labute approximate surface area is 111 Å². The molecule has 1 aliphatic rings. The van der Waals surface area contributed by atoms with Gasteiger partial charge in [0.2, 0.25) is 5.91 Å². The quantitative estimate of drug-likeness (QED) is 0.729. The molecule has 0 bridgehead atoms. The van der Waals surface area contributed by atoms with E-state index in [1.165, 1.54) is 0 Å². The smallest absolute Gasteiger partial charge is 0.316 e. The standard InChI is InChI=1S/C12H18N2O3S/c1-3-9(11(16)17)18-6-10(15)14-12(2,7-13)8-4-5-8/h8-9H,3-6H2,1-2H3,(H,14,15)(H,16,17). The number of nitrogens with one attached hydrogen (secondary N) is 1. The minimum Gasteiger partial charge on any atom is -0.480 e. The van der Waals surface area contributed by atoms with Gasteiger partial charge in [0, 0.05) is 0 Å². The monoisotopic (exact) mass is 270 g/mol. The van der Waals surface area contributed by atoms with E-state index in [0.29, 0.717) is 6.42 Å². The number of thioether (sulfide) groups is 1. The first kappa shape index (κ1) is 14.8. The van der Waals surface area contributed by atoms with Gasteiger partial charge in [0.05, 0.1) is 11.8 Å². The molecule has 2 atom stereocenters. The van der Waals surface area contributed by atoms with E-state index in [0.717, 1.165) is 24.6 Å². The summed E-state index contributed by atoms with van der Waals surface area (Å²) in [5.41, 5.74) is -0.803. The van der Waals surface area contributed by atoms with Crippen LogP contribution in [-0.2, 0) is 9.59 Å². The second-order valence-corrected chi connectivity index (χ2v) is 5.87. The lowest BCUT2D eigenvalue weighted by Gasteiger charge is -2.23. The molecule has 2 unspecified atom stereocenters. The largest absolute Gasteiger partial charge is 0.480 e. The Morgan fingerprint density at radius 3 is 2.61 bits per heavy atom. The highest BCUT2D eigenvalue weighted by molar-refractivity contribution is 8.01. The van der Waals surface area contributed by atoms with Gasteiger partial charge in [-0.25, -0.2) is 0 Å². The van der Waals surface area contributed by atoms with E-state index >= 15 is 0 Å². The van der Waals surface area contributed by atoms with E-state index in [2.05, 4.69) is 11.4 Å². The summed E-state index contributed by atoms with van der Waals surface area (Å²) < 4.78 is 0. The van der Waals surface area contributed by atoms with Crippen LogP contribution < -0.4 is 5.32 Å². The van der Waals surface area contributed by atoms with Crippen LogP contribution in [0.15, 0.2) is 0 Å². The zero-order valence-electron chi connectivity index (χ0n) is 10.6. The molecule has 0 aromatic heterocycles. The van der Waals surface area contributed by atoms with Gasteiger partial charge in [-0.15, -0.1) is 11.8 Å². The van der Waals surface area contributed by atoms with Gasteiger partial charge in [0.15, 0.2) is 0 Å². The highest BCUT2D eigenvalue weighted by Gasteiger charge is 2.43. The van der Waals surface area contributed by atoms with Gasteiger partial charge >= 0.3 is 5.97 Å². The van der Waals surface area contributed by atoms with Crippen LogP contribution in [0.4, 0.5) is 0 Å². The van der Waals surface area contributed by atoms with Gasteiger partial charge in [-0.2, -0.15) is 5.26 Å². The number of rotatable bonds is 7. The van der Waals surface area contributed by atoms with E-state index in [9.17, 15) is 9.59 Å². The van der Waals surface area contributed by atoms with E-state index in [-0.39, 0.29) is 17.6 Å². The summed E-state index contributed by atoms with van der Waals surface area (Å²) in [5.74, 6) is -0.858. The predicted octanol–water partition coefficient (Wildman–Crippen LogP) is 1.39. The average molecular weight is 270 g/mol. The van der Waals surface area contributed by atoms with Gasteiger partial charge in [-0.3, -0.25) is 9.59 Å². The molecule has 100 valence electrons. The van der Waals surface area contributed by atoms with E-state index in [1.807, 2.05) is 0 Å². The molecule has 0 spiro atoms. The topological polar surface area (TPSA) is 90.2 Å². The SMILES string of the molecule is CCC(SCC(=O)NC(C)(C#N)C1CC1)C(=O)O. The molecule has 0 heterocycles. The molecule has 0 aliphatic heterocycles. The molecule has 1 fully saturated rings. The predicted molar refractivity (Wildman–Crippen MR) is 69.1 cm³/mol. The number of nitrogens with zero attached hydrogens (tertiary/aromatic N) is 1. The third-order valence-corrected chi connectivity index (χ3v) is 4.45. The van der Waals surface area contributed by atoms with Crippen LogP contribution in [0.1, 0.15) is 33.1 Å². The van der Waals surface area contributed by atoms with Gasteiger partial charge < -0.3 is 10.4 Å². The summed E-state index contributed by atoms with van der Waals surface area (Å²) in [6, 6.07) is 2.14. The number of nitriles is 1. The Kier molecular flexibility index (Phi) is 5.03. The van der Waals surface area contributed by atoms with Crippen molar-refractivity contribution in [2.24, 2.45) is 5.92 Å². The van der Waals surface area contributed by atoms with Crippen molar-refractivity contribution in [1.82, 2.24) is 5.32 Å². The van der Waals surface area contributed by atoms with Gasteiger partial charge in [-0.1, -0.05) is 6.92 Å². The van der Waals surface area contributed by atoms with Gasteiger partial charge in [0.1, 0.15) is 10.8 Å². The number of carboxylic acid groups (broad SMARTS) is 1. The summed E-state index contributed by atoms with van der Waals surface area (Å²) in [4.78, 5) is 22.5. The molecule has 0 radical (unpaired) electrons. The van der Waals surface area contributed by atoms with Crippen molar-refractivity contribution in [3.63, 3.8) is 0 Å². The maximum atomic E-state index is 11.7. The number of carboxylic acids is 1. The highest BCUT2D eigenvalue weighted by atomic mass is 32.2. The Morgan fingerprint density at radius 1 is 1.61 bits per heavy atom. The molecule has 0 aromatic rings. The molecule has 0 aromatic carbocycles. The second-order valence-electron chi connectivity index (χ2n) is 4.68. The van der Waals surface area contributed by atoms with E-state index in [1.54, 1.807) is 13.8 Å². The number of carbonyl (C=O) groups excluding carboxylic acids is 1. The number of carbonyl (C=O) groups is 2. The van der Waals surface area contributed by atoms with Crippen molar-refractivity contribution in [3.8, 4) is 6.07 Å². The molecule has 1 aliphatic carbocycles. The summed E-state index contributed by atoms with van der Waals surface area (Å²) >= 11 is 1.10. The van der Waals surface area contributed by atoms with Crippen molar-refractivity contribution < 1.29 is 14.7 Å². The fourth-order valence-corrected chi connectivity index (χ4v) is 2.55. The van der Waals surface area contributed by atoms with Crippen LogP contribution in [0.2, 0.25) is 0 Å². The molecule has 1 rings (SSSR count). The summed E-state index contributed by atoms with van der Waals surface area (Å²) in [5, 5.41) is 20.1. The van der Waals surface area contributed by atoms with E-state index < -0.39 is 16.8 Å². The molecule has 6 heteroatoms. The van der Waals surface area contributed by atoms with Crippen LogP contribution in [0.5, 0.6) is 0 Å². The van der Waals surface area contributed by atoms with Crippen LogP contribution in [0, 0.1) is 17.2 Å². The fraction of sp³-hybridized carbons (Fsp3) is 0.750. The van der Waals surface area contributed by atoms with Gasteiger partial charge in [0.25, 0.3) is 0 Å². The first-order valence-corrected chi connectivity index (χ1v) is 7.04. The number of aliphatic carboxylic acids is 1. The molecular formula is C12H18N2O3S. The lowest BCUT2D eigenvalue weighted by Crippen LogP contribution is -2.47. The first-order chi connectivity index (χ1) is 8.42. The summed E-state index contributed by atoms with van der Waals surface area (Å²) in [6.45, 7) is 3.50. The molecule has 0 saturated heterocycles. The summed E-state index contributed by atoms with van der Waals surface area (Å²) in [6.07, 6.45) is 2.40. The van der Waals surface area contributed by atoms with Crippen LogP contribution in [0.3, 0.4) is 0 Å². The highest BCUT2D eigenvalue weighted by Crippen LogP contribution is 2.39. The van der Waals surface area contributed by atoms with Crippen molar-refractivity contribution in [3.05, 3.63) is 0 Å². The minimum absolute atomic E-state index is 0.0782. The third-order valence-electron chi connectivity index (χ3n) is 3.09. The zero-order valence-corrected chi connectivity index (χ0v) is 11.4. The first-order valence-electron chi connectivity index (χ1n) is 5.99. The molecule has 18 heavy (non-hydrogen) atoms. The second kappa shape index (κ2) is 6.10. The lowest BCUT2D eigenvalue weighted by atomic mass is 9.98. The lowest BCUT2D eigenvalue weighted by molar-refractivity contribution is -0.136. The number of hydrogen-bond donors (Lipinski definition) is 2. The zero-order chi connectivity index (χ0) is 13.8. The van der Waals surface area contributed by atoms with Crippen LogP contribution >= 0.6 is 11.8 Å². The van der Waals surface area contributed by atoms with Crippen LogP contribution in [-0.4, -0.2) is 33.5 Å². The molecule has 5 nitrogen and oxygen atoms in total. The van der Waals surface area contributed by atoms with Crippen molar-refractivity contribution in [2.75, 3.05) is 5.75 Å². The van der Waals surface area contributed by atoms with Crippen LogP contribution in [0.25, 0.3) is 0 Å². The van der Waals surface area contributed by atoms with Crippen molar-refractivity contribution in [1.29, 1.82) is 5.26 Å². The maximum absolute atomic E-state index is 11.7. The van der Waals surface area contributed by atoms with E-state index in [4.69, 9.17) is 10.4 Å². The van der Waals surface area contributed by atoms with Gasteiger partial charge in [-0.05, 0) is 32.1 Å². The average Bonchev–Trinajstić information content (AvgIpc) is 3.13. The molecule has 1 saturated carbocycles. The maximum Gasteiger partial charge on any atom is 0.316 e. The fourth-order valence-electron chi connectivity index (χ4n) is 1.75. The molecule has 1 amide bonds. The molecule has 2 N–H and O–H groups in total. The number of hydrogen-bond acceptors (Lipinski definition) is 4. The molecular weight excluding hydrogens is 252 g/mol.